The number of carboxylic acid groups (broad SMARTS) is 1. The molecule has 0 saturated carbocycles. The maximum atomic E-state index is 11.1. The third kappa shape index (κ3) is 2.55. The largest absolute Gasteiger partial charge is 0.478 e. The molecule has 0 radical (unpaired) electrons. The highest BCUT2D eigenvalue weighted by atomic mass is 16.4. The molecule has 20 heavy (non-hydrogen) atoms. The van der Waals surface area contributed by atoms with Gasteiger partial charge in [0, 0.05) is 12.0 Å². The van der Waals surface area contributed by atoms with Gasteiger partial charge in [-0.1, -0.05) is 32.1 Å². The molecule has 6 nitrogen and oxygen atoms in total. The van der Waals surface area contributed by atoms with Crippen LogP contribution in [0.15, 0.2) is 24.3 Å². The Morgan fingerprint density at radius 2 is 2.10 bits per heavy atom. The summed E-state index contributed by atoms with van der Waals surface area (Å²) >= 11 is 0. The van der Waals surface area contributed by atoms with Gasteiger partial charge in [-0.05, 0) is 18.2 Å². The topological polar surface area (TPSA) is 94.0 Å². The van der Waals surface area contributed by atoms with E-state index in [0.29, 0.717) is 12.2 Å². The SMILES string of the molecule is CC(C)(C)c1c(CN)nnn1-c1cccc(C(=O)O)c1. The van der Waals surface area contributed by atoms with Gasteiger partial charge >= 0.3 is 5.97 Å². The first-order valence-corrected chi connectivity index (χ1v) is 6.33. The van der Waals surface area contributed by atoms with E-state index < -0.39 is 5.97 Å². The van der Waals surface area contributed by atoms with E-state index in [1.165, 1.54) is 0 Å². The zero-order valence-electron chi connectivity index (χ0n) is 11.8. The first kappa shape index (κ1) is 14.2. The van der Waals surface area contributed by atoms with Crippen LogP contribution >= 0.6 is 0 Å². The van der Waals surface area contributed by atoms with Crippen molar-refractivity contribution < 1.29 is 9.90 Å². The molecule has 0 aliphatic heterocycles. The molecule has 106 valence electrons. The van der Waals surface area contributed by atoms with E-state index in [9.17, 15) is 4.79 Å². The first-order chi connectivity index (χ1) is 9.34. The molecule has 0 spiro atoms. The molecule has 1 aromatic heterocycles. The highest BCUT2D eigenvalue weighted by Gasteiger charge is 2.25. The molecule has 0 saturated heterocycles. The highest BCUT2D eigenvalue weighted by Crippen LogP contribution is 2.27. The number of aromatic nitrogens is 3. The fourth-order valence-corrected chi connectivity index (χ4v) is 2.15. The van der Waals surface area contributed by atoms with Crippen LogP contribution in [0.3, 0.4) is 0 Å². The molecule has 0 amide bonds. The number of rotatable bonds is 3. The van der Waals surface area contributed by atoms with E-state index in [0.717, 1.165) is 11.4 Å². The fraction of sp³-hybridized carbons (Fsp3) is 0.357. The Balaban J connectivity index is 2.61. The van der Waals surface area contributed by atoms with E-state index >= 15 is 0 Å². The quantitative estimate of drug-likeness (QED) is 0.888. The Morgan fingerprint density at radius 3 is 2.65 bits per heavy atom. The highest BCUT2D eigenvalue weighted by molar-refractivity contribution is 5.88. The van der Waals surface area contributed by atoms with Gasteiger partial charge in [0.2, 0.25) is 0 Å². The summed E-state index contributed by atoms with van der Waals surface area (Å²) in [5.41, 5.74) is 8.01. The second-order valence-electron chi connectivity index (χ2n) is 5.61. The molecule has 0 fully saturated rings. The molecule has 3 N–H and O–H groups in total. The summed E-state index contributed by atoms with van der Waals surface area (Å²) in [4.78, 5) is 11.1. The Bertz CT molecular complexity index is 641. The van der Waals surface area contributed by atoms with E-state index in [2.05, 4.69) is 10.3 Å². The zero-order chi connectivity index (χ0) is 14.9. The van der Waals surface area contributed by atoms with Crippen LogP contribution in [0.25, 0.3) is 5.69 Å². The summed E-state index contributed by atoms with van der Waals surface area (Å²) in [6, 6.07) is 6.61. The van der Waals surface area contributed by atoms with Gasteiger partial charge in [-0.3, -0.25) is 0 Å². The third-order valence-electron chi connectivity index (χ3n) is 2.98. The van der Waals surface area contributed by atoms with Crippen LogP contribution in [-0.4, -0.2) is 26.1 Å². The minimum absolute atomic E-state index is 0.197. The number of nitrogens with zero attached hydrogens (tertiary/aromatic N) is 3. The summed E-state index contributed by atoms with van der Waals surface area (Å²) in [5.74, 6) is -0.969. The smallest absolute Gasteiger partial charge is 0.335 e. The second-order valence-corrected chi connectivity index (χ2v) is 5.61. The predicted molar refractivity (Wildman–Crippen MR) is 74.9 cm³/mol. The van der Waals surface area contributed by atoms with Gasteiger partial charge in [-0.25, -0.2) is 9.48 Å². The number of hydrogen-bond donors (Lipinski definition) is 2. The predicted octanol–water partition coefficient (Wildman–Crippen LogP) is 1.72. The summed E-state index contributed by atoms with van der Waals surface area (Å²) in [6.45, 7) is 6.43. The molecule has 0 unspecified atom stereocenters. The lowest BCUT2D eigenvalue weighted by Gasteiger charge is -2.21. The lowest BCUT2D eigenvalue weighted by atomic mass is 9.90. The normalized spacial score (nSPS) is 11.6. The molecule has 0 aliphatic rings. The monoisotopic (exact) mass is 274 g/mol. The van der Waals surface area contributed by atoms with Crippen molar-refractivity contribution in [1.82, 2.24) is 15.0 Å². The number of carboxylic acids is 1. The van der Waals surface area contributed by atoms with Gasteiger partial charge in [0.05, 0.1) is 16.9 Å². The molecule has 6 heteroatoms. The Kier molecular flexibility index (Phi) is 3.59. The van der Waals surface area contributed by atoms with E-state index in [-0.39, 0.29) is 11.0 Å². The van der Waals surface area contributed by atoms with Crippen LogP contribution in [0.1, 0.15) is 42.5 Å². The number of carbonyl (C=O) groups is 1. The Labute approximate surface area is 117 Å². The third-order valence-corrected chi connectivity index (χ3v) is 2.98. The molecule has 0 atom stereocenters. The van der Waals surface area contributed by atoms with Crippen LogP contribution in [0.5, 0.6) is 0 Å². The summed E-state index contributed by atoms with van der Waals surface area (Å²) in [7, 11) is 0. The van der Waals surface area contributed by atoms with Gasteiger partial charge in [0.15, 0.2) is 0 Å². The molecule has 2 aromatic rings. The minimum Gasteiger partial charge on any atom is -0.478 e. The van der Waals surface area contributed by atoms with Crippen LogP contribution in [-0.2, 0) is 12.0 Å². The van der Waals surface area contributed by atoms with Crippen LogP contribution in [0, 0.1) is 0 Å². The molecular formula is C14H18N4O2. The number of aromatic carboxylic acids is 1. The van der Waals surface area contributed by atoms with Crippen LogP contribution in [0.2, 0.25) is 0 Å². The lowest BCUT2D eigenvalue weighted by Crippen LogP contribution is -2.20. The summed E-state index contributed by atoms with van der Waals surface area (Å²) < 4.78 is 1.66. The van der Waals surface area contributed by atoms with Crippen molar-refractivity contribution in [2.45, 2.75) is 32.7 Å². The van der Waals surface area contributed by atoms with Crippen molar-refractivity contribution in [3.05, 3.63) is 41.2 Å². The average molecular weight is 274 g/mol. The maximum Gasteiger partial charge on any atom is 0.335 e. The molecule has 1 heterocycles. The lowest BCUT2D eigenvalue weighted by molar-refractivity contribution is 0.0697. The van der Waals surface area contributed by atoms with Crippen LogP contribution in [0.4, 0.5) is 0 Å². The molecule has 2 rings (SSSR count). The summed E-state index contributed by atoms with van der Waals surface area (Å²) in [6.07, 6.45) is 0. The summed E-state index contributed by atoms with van der Waals surface area (Å²) in [5, 5.41) is 17.3. The van der Waals surface area contributed by atoms with Crippen molar-refractivity contribution >= 4 is 5.97 Å². The van der Waals surface area contributed by atoms with E-state index in [1.54, 1.807) is 28.9 Å². The van der Waals surface area contributed by atoms with Gasteiger partial charge in [-0.15, -0.1) is 5.10 Å². The van der Waals surface area contributed by atoms with E-state index in [1.807, 2.05) is 20.8 Å². The zero-order valence-corrected chi connectivity index (χ0v) is 11.8. The standard InChI is InChI=1S/C14H18N4O2/c1-14(2,3)12-11(8-15)16-17-18(12)10-6-4-5-9(7-10)13(19)20/h4-7H,8,15H2,1-3H3,(H,19,20). The molecule has 0 aliphatic carbocycles. The maximum absolute atomic E-state index is 11.1. The Morgan fingerprint density at radius 1 is 1.40 bits per heavy atom. The van der Waals surface area contributed by atoms with Gasteiger partial charge in [-0.2, -0.15) is 0 Å². The molecule has 1 aromatic carbocycles. The van der Waals surface area contributed by atoms with Gasteiger partial charge in [0.25, 0.3) is 0 Å². The minimum atomic E-state index is -0.969. The first-order valence-electron chi connectivity index (χ1n) is 6.33. The Hall–Kier alpha value is -2.21. The van der Waals surface area contributed by atoms with Crippen molar-refractivity contribution in [1.29, 1.82) is 0 Å². The van der Waals surface area contributed by atoms with Crippen molar-refractivity contribution in [3.8, 4) is 5.69 Å². The van der Waals surface area contributed by atoms with Crippen molar-refractivity contribution in [3.63, 3.8) is 0 Å². The number of benzene rings is 1. The van der Waals surface area contributed by atoms with Crippen LogP contribution < -0.4 is 5.73 Å². The van der Waals surface area contributed by atoms with E-state index in [4.69, 9.17) is 10.8 Å². The fourth-order valence-electron chi connectivity index (χ4n) is 2.15. The number of hydrogen-bond acceptors (Lipinski definition) is 4. The van der Waals surface area contributed by atoms with Gasteiger partial charge in [0.1, 0.15) is 5.69 Å². The molecule has 0 bridgehead atoms. The van der Waals surface area contributed by atoms with Crippen molar-refractivity contribution in [2.75, 3.05) is 0 Å². The average Bonchev–Trinajstić information content (AvgIpc) is 2.82. The molecular weight excluding hydrogens is 256 g/mol. The van der Waals surface area contributed by atoms with Crippen molar-refractivity contribution in [2.24, 2.45) is 5.73 Å². The van der Waals surface area contributed by atoms with Gasteiger partial charge < -0.3 is 10.8 Å². The number of nitrogens with two attached hydrogens (primary N) is 1. The second kappa shape index (κ2) is 5.05.